The summed E-state index contributed by atoms with van der Waals surface area (Å²) in [5, 5.41) is 8.80. The molecule has 0 fully saturated rings. The van der Waals surface area contributed by atoms with Crippen LogP contribution in [-0.4, -0.2) is 13.1 Å². The maximum absolute atomic E-state index is 11.4. The fraction of sp³-hybridized carbons (Fsp3) is 0.200. The van der Waals surface area contributed by atoms with Gasteiger partial charge in [-0.3, -0.25) is 0 Å². The van der Waals surface area contributed by atoms with E-state index in [2.05, 4.69) is 20.7 Å². The summed E-state index contributed by atoms with van der Waals surface area (Å²) in [5.41, 5.74) is 6.85. The van der Waals surface area contributed by atoms with E-state index in [4.69, 9.17) is 11.0 Å². The Morgan fingerprint density at radius 2 is 2.33 bits per heavy atom. The molecule has 15 heavy (non-hydrogen) atoms. The zero-order valence-electron chi connectivity index (χ0n) is 8.08. The zero-order valence-corrected chi connectivity index (χ0v) is 9.67. The largest absolute Gasteiger partial charge is 0.465 e. The van der Waals surface area contributed by atoms with E-state index >= 15 is 0 Å². The number of methoxy groups -OCH3 is 1. The highest BCUT2D eigenvalue weighted by Gasteiger charge is 2.14. The molecule has 0 aliphatic rings. The minimum atomic E-state index is -0.487. The number of carbonyl (C=O) groups is 1. The second kappa shape index (κ2) is 4.91. The van der Waals surface area contributed by atoms with Crippen molar-refractivity contribution in [2.45, 2.75) is 6.54 Å². The predicted molar refractivity (Wildman–Crippen MR) is 58.1 cm³/mol. The van der Waals surface area contributed by atoms with Crippen LogP contribution in [0.2, 0.25) is 0 Å². The molecule has 0 aliphatic carbocycles. The highest BCUT2D eigenvalue weighted by Crippen LogP contribution is 2.22. The van der Waals surface area contributed by atoms with Crippen LogP contribution < -0.4 is 5.73 Å². The summed E-state index contributed by atoms with van der Waals surface area (Å²) in [7, 11) is 1.29. The molecule has 1 aromatic rings. The third-order valence-corrected chi connectivity index (χ3v) is 2.59. The molecule has 0 spiro atoms. The van der Waals surface area contributed by atoms with Gasteiger partial charge in [0, 0.05) is 11.0 Å². The molecular weight excluding hydrogens is 260 g/mol. The number of nitrogens with zero attached hydrogens (tertiary/aromatic N) is 1. The highest BCUT2D eigenvalue weighted by atomic mass is 79.9. The lowest BCUT2D eigenvalue weighted by atomic mass is 10.0. The van der Waals surface area contributed by atoms with E-state index in [1.165, 1.54) is 13.2 Å². The maximum atomic E-state index is 11.4. The van der Waals surface area contributed by atoms with Crippen molar-refractivity contribution >= 4 is 21.9 Å². The Morgan fingerprint density at radius 1 is 1.67 bits per heavy atom. The molecule has 0 radical (unpaired) electrons. The SMILES string of the molecule is COC(=O)c1cc(C#N)c(Br)cc1CN. The van der Waals surface area contributed by atoms with Crippen LogP contribution in [0.5, 0.6) is 0 Å². The van der Waals surface area contributed by atoms with Crippen LogP contribution in [0.1, 0.15) is 21.5 Å². The fourth-order valence-electron chi connectivity index (χ4n) is 1.17. The van der Waals surface area contributed by atoms with E-state index in [1.54, 1.807) is 6.07 Å². The number of carbonyl (C=O) groups excluding carboxylic acids is 1. The molecule has 0 saturated heterocycles. The second-order valence-corrected chi connectivity index (χ2v) is 3.65. The van der Waals surface area contributed by atoms with Crippen molar-refractivity contribution in [1.82, 2.24) is 0 Å². The molecule has 78 valence electrons. The van der Waals surface area contributed by atoms with Gasteiger partial charge in [-0.15, -0.1) is 0 Å². The van der Waals surface area contributed by atoms with E-state index in [0.717, 1.165) is 0 Å². The Morgan fingerprint density at radius 3 is 2.80 bits per heavy atom. The van der Waals surface area contributed by atoms with Crippen LogP contribution in [-0.2, 0) is 11.3 Å². The Hall–Kier alpha value is -1.38. The first-order valence-corrected chi connectivity index (χ1v) is 4.94. The number of halogens is 1. The van der Waals surface area contributed by atoms with Crippen LogP contribution in [0.15, 0.2) is 16.6 Å². The molecule has 1 rings (SSSR count). The monoisotopic (exact) mass is 268 g/mol. The summed E-state index contributed by atoms with van der Waals surface area (Å²) in [6.45, 7) is 0.217. The van der Waals surface area contributed by atoms with Crippen LogP contribution in [0.4, 0.5) is 0 Å². The van der Waals surface area contributed by atoms with Crippen molar-refractivity contribution < 1.29 is 9.53 Å². The molecule has 0 aliphatic heterocycles. The van der Waals surface area contributed by atoms with Gasteiger partial charge in [0.2, 0.25) is 0 Å². The molecule has 0 unspecified atom stereocenters. The maximum Gasteiger partial charge on any atom is 0.338 e. The normalized spacial score (nSPS) is 9.47. The average Bonchev–Trinajstić information content (AvgIpc) is 2.27. The Labute approximate surface area is 95.8 Å². The van der Waals surface area contributed by atoms with Gasteiger partial charge in [-0.2, -0.15) is 5.26 Å². The predicted octanol–water partition coefficient (Wildman–Crippen LogP) is 1.57. The van der Waals surface area contributed by atoms with Crippen molar-refractivity contribution in [1.29, 1.82) is 5.26 Å². The molecule has 5 heteroatoms. The number of nitriles is 1. The first-order chi connectivity index (χ1) is 7.13. The van der Waals surface area contributed by atoms with Crippen LogP contribution >= 0.6 is 15.9 Å². The molecule has 4 nitrogen and oxygen atoms in total. The third-order valence-electron chi connectivity index (χ3n) is 1.94. The molecule has 0 bridgehead atoms. The van der Waals surface area contributed by atoms with Crippen molar-refractivity contribution in [3.05, 3.63) is 33.3 Å². The highest BCUT2D eigenvalue weighted by molar-refractivity contribution is 9.10. The van der Waals surface area contributed by atoms with Gasteiger partial charge >= 0.3 is 5.97 Å². The third kappa shape index (κ3) is 2.35. The Kier molecular flexibility index (Phi) is 3.83. The Balaban J connectivity index is 3.36. The van der Waals surface area contributed by atoms with E-state index in [-0.39, 0.29) is 6.54 Å². The minimum Gasteiger partial charge on any atom is -0.465 e. The first kappa shape index (κ1) is 11.7. The molecule has 0 saturated carbocycles. The van der Waals surface area contributed by atoms with Gasteiger partial charge in [0.05, 0.1) is 18.2 Å². The molecule has 2 N–H and O–H groups in total. The number of nitrogens with two attached hydrogens (primary N) is 1. The van der Waals surface area contributed by atoms with Crippen molar-refractivity contribution in [3.8, 4) is 6.07 Å². The van der Waals surface area contributed by atoms with Gasteiger partial charge in [0.1, 0.15) is 6.07 Å². The van der Waals surface area contributed by atoms with Crippen molar-refractivity contribution in [2.75, 3.05) is 7.11 Å². The minimum absolute atomic E-state index is 0.217. The van der Waals surface area contributed by atoms with E-state index in [9.17, 15) is 4.79 Å². The molecule has 0 atom stereocenters. The number of rotatable bonds is 2. The second-order valence-electron chi connectivity index (χ2n) is 2.80. The van der Waals surface area contributed by atoms with Gasteiger partial charge in [-0.05, 0) is 33.6 Å². The summed E-state index contributed by atoms with van der Waals surface area (Å²) in [6.07, 6.45) is 0. The zero-order chi connectivity index (χ0) is 11.4. The smallest absolute Gasteiger partial charge is 0.338 e. The summed E-state index contributed by atoms with van der Waals surface area (Å²) in [5.74, 6) is -0.487. The summed E-state index contributed by atoms with van der Waals surface area (Å²) in [6, 6.07) is 5.10. The van der Waals surface area contributed by atoms with Gasteiger partial charge in [-0.1, -0.05) is 0 Å². The molecular formula is C10H9BrN2O2. The van der Waals surface area contributed by atoms with Crippen LogP contribution in [0.3, 0.4) is 0 Å². The topological polar surface area (TPSA) is 76.1 Å². The molecule has 0 heterocycles. The molecule has 1 aromatic carbocycles. The van der Waals surface area contributed by atoms with Crippen LogP contribution in [0.25, 0.3) is 0 Å². The lowest BCUT2D eigenvalue weighted by molar-refractivity contribution is 0.0599. The summed E-state index contributed by atoms with van der Waals surface area (Å²) in [4.78, 5) is 11.4. The number of benzene rings is 1. The van der Waals surface area contributed by atoms with Crippen molar-refractivity contribution in [3.63, 3.8) is 0 Å². The quantitative estimate of drug-likeness (QED) is 0.827. The van der Waals surface area contributed by atoms with Gasteiger partial charge in [0.25, 0.3) is 0 Å². The Bertz CT molecular complexity index is 438. The number of hydrogen-bond donors (Lipinski definition) is 1. The summed E-state index contributed by atoms with van der Waals surface area (Å²) >= 11 is 3.22. The van der Waals surface area contributed by atoms with Gasteiger partial charge in [-0.25, -0.2) is 4.79 Å². The average molecular weight is 269 g/mol. The lowest BCUT2D eigenvalue weighted by Crippen LogP contribution is -2.09. The number of esters is 1. The summed E-state index contributed by atoms with van der Waals surface area (Å²) < 4.78 is 5.22. The fourth-order valence-corrected chi connectivity index (χ4v) is 1.65. The van der Waals surface area contributed by atoms with Gasteiger partial charge < -0.3 is 10.5 Å². The standard InChI is InChI=1S/C10H9BrN2O2/c1-15-10(14)8-2-7(5-13)9(11)3-6(8)4-12/h2-3H,4,12H2,1H3. The number of hydrogen-bond acceptors (Lipinski definition) is 4. The molecule has 0 amide bonds. The van der Waals surface area contributed by atoms with Gasteiger partial charge in [0.15, 0.2) is 0 Å². The van der Waals surface area contributed by atoms with Crippen LogP contribution in [0, 0.1) is 11.3 Å². The van der Waals surface area contributed by atoms with E-state index in [0.29, 0.717) is 21.2 Å². The number of ether oxygens (including phenoxy) is 1. The first-order valence-electron chi connectivity index (χ1n) is 4.15. The lowest BCUT2D eigenvalue weighted by Gasteiger charge is -2.07. The molecule has 0 aromatic heterocycles. The van der Waals surface area contributed by atoms with Crippen molar-refractivity contribution in [2.24, 2.45) is 5.73 Å². The van der Waals surface area contributed by atoms with E-state index in [1.807, 2.05) is 6.07 Å². The van der Waals surface area contributed by atoms with E-state index < -0.39 is 5.97 Å².